The number of thiazole rings is 1. The van der Waals surface area contributed by atoms with E-state index in [1.807, 2.05) is 17.5 Å². The molecule has 6 heteroatoms. The van der Waals surface area contributed by atoms with Crippen LogP contribution in [0.2, 0.25) is 0 Å². The maximum atomic E-state index is 12.1. The van der Waals surface area contributed by atoms with E-state index in [2.05, 4.69) is 15.3 Å². The van der Waals surface area contributed by atoms with Gasteiger partial charge in [0.15, 0.2) is 0 Å². The SMILES string of the molecule is COc1ccc(C(=O)NCc2nc(-c3cccnc3)cs2)cc1. The Hall–Kier alpha value is -2.73. The van der Waals surface area contributed by atoms with Crippen LogP contribution in [0.1, 0.15) is 15.4 Å². The predicted molar refractivity (Wildman–Crippen MR) is 89.5 cm³/mol. The van der Waals surface area contributed by atoms with Gasteiger partial charge in [-0.1, -0.05) is 0 Å². The minimum absolute atomic E-state index is 0.134. The van der Waals surface area contributed by atoms with E-state index in [0.717, 1.165) is 22.0 Å². The van der Waals surface area contributed by atoms with Gasteiger partial charge in [0.05, 0.1) is 19.3 Å². The summed E-state index contributed by atoms with van der Waals surface area (Å²) in [5, 5.41) is 5.69. The molecule has 2 aromatic heterocycles. The predicted octanol–water partition coefficient (Wildman–Crippen LogP) is 3.14. The van der Waals surface area contributed by atoms with Crippen LogP contribution in [0.25, 0.3) is 11.3 Å². The summed E-state index contributed by atoms with van der Waals surface area (Å²) in [6.07, 6.45) is 3.50. The largest absolute Gasteiger partial charge is 0.497 e. The van der Waals surface area contributed by atoms with Crippen molar-refractivity contribution in [3.8, 4) is 17.0 Å². The van der Waals surface area contributed by atoms with Gasteiger partial charge < -0.3 is 10.1 Å². The second-order valence-electron chi connectivity index (χ2n) is 4.78. The molecular formula is C17H15N3O2S. The normalized spacial score (nSPS) is 10.3. The van der Waals surface area contributed by atoms with E-state index < -0.39 is 0 Å². The fourth-order valence-corrected chi connectivity index (χ4v) is 2.78. The van der Waals surface area contributed by atoms with Crippen LogP contribution in [0.4, 0.5) is 0 Å². The molecule has 3 aromatic rings. The van der Waals surface area contributed by atoms with E-state index in [0.29, 0.717) is 12.1 Å². The third-order valence-corrected chi connectivity index (χ3v) is 4.11. The molecule has 0 aliphatic heterocycles. The number of hydrogen-bond acceptors (Lipinski definition) is 5. The average Bonchev–Trinajstić information content (AvgIpc) is 3.09. The first kappa shape index (κ1) is 15.2. The van der Waals surface area contributed by atoms with Gasteiger partial charge in [0.2, 0.25) is 0 Å². The summed E-state index contributed by atoms with van der Waals surface area (Å²) in [4.78, 5) is 20.7. The lowest BCUT2D eigenvalue weighted by molar-refractivity contribution is 0.0951. The average molecular weight is 325 g/mol. The van der Waals surface area contributed by atoms with Crippen molar-refractivity contribution in [1.29, 1.82) is 0 Å². The minimum Gasteiger partial charge on any atom is -0.497 e. The Morgan fingerprint density at radius 1 is 1.26 bits per heavy atom. The Bertz CT molecular complexity index is 785. The van der Waals surface area contributed by atoms with Crippen LogP contribution in [0.5, 0.6) is 5.75 Å². The Morgan fingerprint density at radius 3 is 2.78 bits per heavy atom. The molecule has 1 N–H and O–H groups in total. The zero-order valence-electron chi connectivity index (χ0n) is 12.5. The van der Waals surface area contributed by atoms with Crippen molar-refractivity contribution in [3.05, 3.63) is 64.7 Å². The Labute approximate surface area is 138 Å². The summed E-state index contributed by atoms with van der Waals surface area (Å²) in [7, 11) is 1.59. The molecule has 1 aromatic carbocycles. The number of aromatic nitrogens is 2. The molecule has 0 spiro atoms. The molecule has 0 aliphatic carbocycles. The van der Waals surface area contributed by atoms with E-state index in [-0.39, 0.29) is 5.91 Å². The van der Waals surface area contributed by atoms with E-state index in [1.165, 1.54) is 11.3 Å². The van der Waals surface area contributed by atoms with Gasteiger partial charge in [-0.15, -0.1) is 11.3 Å². The standard InChI is InChI=1S/C17H15N3O2S/c1-22-14-6-4-12(5-7-14)17(21)19-10-16-20-15(11-23-16)13-3-2-8-18-9-13/h2-9,11H,10H2,1H3,(H,19,21). The lowest BCUT2D eigenvalue weighted by Crippen LogP contribution is -2.22. The number of hydrogen-bond donors (Lipinski definition) is 1. The van der Waals surface area contributed by atoms with Crippen LogP contribution in [-0.2, 0) is 6.54 Å². The van der Waals surface area contributed by atoms with Gasteiger partial charge in [-0.05, 0) is 36.4 Å². The summed E-state index contributed by atoms with van der Waals surface area (Å²) in [6, 6.07) is 10.8. The molecule has 5 nitrogen and oxygen atoms in total. The Morgan fingerprint density at radius 2 is 2.09 bits per heavy atom. The van der Waals surface area contributed by atoms with E-state index >= 15 is 0 Å². The monoisotopic (exact) mass is 325 g/mol. The molecule has 0 unspecified atom stereocenters. The topological polar surface area (TPSA) is 64.1 Å². The van der Waals surface area contributed by atoms with Crippen LogP contribution >= 0.6 is 11.3 Å². The smallest absolute Gasteiger partial charge is 0.251 e. The zero-order chi connectivity index (χ0) is 16.1. The molecule has 23 heavy (non-hydrogen) atoms. The highest BCUT2D eigenvalue weighted by Crippen LogP contribution is 2.20. The number of nitrogens with zero attached hydrogens (tertiary/aromatic N) is 2. The van der Waals surface area contributed by atoms with E-state index in [1.54, 1.807) is 43.8 Å². The molecule has 0 saturated carbocycles. The second kappa shape index (κ2) is 7.02. The van der Waals surface area contributed by atoms with Crippen molar-refractivity contribution < 1.29 is 9.53 Å². The highest BCUT2D eigenvalue weighted by atomic mass is 32.1. The molecule has 0 bridgehead atoms. The zero-order valence-corrected chi connectivity index (χ0v) is 13.3. The Kier molecular flexibility index (Phi) is 4.63. The summed E-state index contributed by atoms with van der Waals surface area (Å²) in [6.45, 7) is 0.399. The number of pyridine rings is 1. The molecule has 3 rings (SSSR count). The van der Waals surface area contributed by atoms with E-state index in [4.69, 9.17) is 4.74 Å². The number of rotatable bonds is 5. The molecule has 1 amide bonds. The van der Waals surface area contributed by atoms with Crippen molar-refractivity contribution in [3.63, 3.8) is 0 Å². The summed E-state index contributed by atoms with van der Waals surface area (Å²) >= 11 is 1.51. The number of ether oxygens (including phenoxy) is 1. The number of amides is 1. The van der Waals surface area contributed by atoms with Gasteiger partial charge in [-0.25, -0.2) is 4.98 Å². The highest BCUT2D eigenvalue weighted by molar-refractivity contribution is 7.09. The van der Waals surface area contributed by atoms with Crippen LogP contribution in [0, 0.1) is 0 Å². The third-order valence-electron chi connectivity index (χ3n) is 3.26. The molecule has 116 valence electrons. The number of benzene rings is 1. The maximum absolute atomic E-state index is 12.1. The third kappa shape index (κ3) is 3.73. The molecule has 0 radical (unpaired) electrons. The molecular weight excluding hydrogens is 310 g/mol. The van der Waals surface area contributed by atoms with Crippen molar-refractivity contribution >= 4 is 17.2 Å². The lowest BCUT2D eigenvalue weighted by Gasteiger charge is -2.04. The number of nitrogens with one attached hydrogen (secondary N) is 1. The van der Waals surface area contributed by atoms with Crippen molar-refractivity contribution in [1.82, 2.24) is 15.3 Å². The van der Waals surface area contributed by atoms with Crippen LogP contribution < -0.4 is 10.1 Å². The van der Waals surface area contributed by atoms with Gasteiger partial charge >= 0.3 is 0 Å². The molecule has 2 heterocycles. The van der Waals surface area contributed by atoms with Crippen molar-refractivity contribution in [2.45, 2.75) is 6.54 Å². The summed E-state index contributed by atoms with van der Waals surface area (Å²) < 4.78 is 5.08. The summed E-state index contributed by atoms with van der Waals surface area (Å²) in [5.74, 6) is 0.591. The van der Waals surface area contributed by atoms with Crippen molar-refractivity contribution in [2.75, 3.05) is 7.11 Å². The van der Waals surface area contributed by atoms with Crippen LogP contribution in [-0.4, -0.2) is 23.0 Å². The molecule has 0 fully saturated rings. The number of carbonyl (C=O) groups is 1. The quantitative estimate of drug-likeness (QED) is 0.783. The van der Waals surface area contributed by atoms with E-state index in [9.17, 15) is 4.79 Å². The fourth-order valence-electron chi connectivity index (χ4n) is 2.04. The second-order valence-corrected chi connectivity index (χ2v) is 5.72. The minimum atomic E-state index is -0.134. The van der Waals surface area contributed by atoms with Gasteiger partial charge in [-0.2, -0.15) is 0 Å². The van der Waals surface area contributed by atoms with Gasteiger partial charge in [0.25, 0.3) is 5.91 Å². The lowest BCUT2D eigenvalue weighted by atomic mass is 10.2. The van der Waals surface area contributed by atoms with Gasteiger partial charge in [0.1, 0.15) is 10.8 Å². The fraction of sp³-hybridized carbons (Fsp3) is 0.118. The molecule has 0 saturated heterocycles. The number of methoxy groups -OCH3 is 1. The molecule has 0 atom stereocenters. The first-order valence-electron chi connectivity index (χ1n) is 7.03. The summed E-state index contributed by atoms with van der Waals surface area (Å²) in [5.41, 5.74) is 2.43. The van der Waals surface area contributed by atoms with Crippen LogP contribution in [0.15, 0.2) is 54.2 Å². The van der Waals surface area contributed by atoms with Crippen molar-refractivity contribution in [2.24, 2.45) is 0 Å². The van der Waals surface area contributed by atoms with Gasteiger partial charge in [-0.3, -0.25) is 9.78 Å². The molecule has 0 aliphatic rings. The highest BCUT2D eigenvalue weighted by Gasteiger charge is 2.08. The first-order valence-corrected chi connectivity index (χ1v) is 7.91. The van der Waals surface area contributed by atoms with Gasteiger partial charge in [0, 0.05) is 28.9 Å². The first-order chi connectivity index (χ1) is 11.3. The number of carbonyl (C=O) groups excluding carboxylic acids is 1. The Balaban J connectivity index is 1.62. The van der Waals surface area contributed by atoms with Crippen LogP contribution in [0.3, 0.4) is 0 Å². The maximum Gasteiger partial charge on any atom is 0.251 e.